The fraction of sp³-hybridized carbons (Fsp3) is 0.217. The van der Waals surface area contributed by atoms with Gasteiger partial charge in [0.2, 0.25) is 11.7 Å². The summed E-state index contributed by atoms with van der Waals surface area (Å²) in [6.07, 6.45) is 1.88. The highest BCUT2D eigenvalue weighted by atomic mass is 32.2. The number of benzene rings is 2. The summed E-state index contributed by atoms with van der Waals surface area (Å²) in [5.74, 6) is 0.854. The number of aryl methyl sites for hydroxylation is 2. The molecule has 2 heterocycles. The number of nitrogens with two attached hydrogens (primary N) is 1. The molecule has 1 amide bonds. The molecule has 164 valence electrons. The summed E-state index contributed by atoms with van der Waals surface area (Å²) >= 11 is 1.40. The minimum Gasteiger partial charge on any atom is -0.383 e. The van der Waals surface area contributed by atoms with Crippen molar-refractivity contribution in [2.24, 2.45) is 0 Å². The fourth-order valence-corrected chi connectivity index (χ4v) is 3.74. The molecule has 0 unspecified atom stereocenters. The summed E-state index contributed by atoms with van der Waals surface area (Å²) in [6, 6.07) is 15.8. The first-order valence-corrected chi connectivity index (χ1v) is 11.3. The van der Waals surface area contributed by atoms with Gasteiger partial charge < -0.3 is 15.6 Å². The van der Waals surface area contributed by atoms with Gasteiger partial charge in [-0.3, -0.25) is 4.79 Å². The van der Waals surface area contributed by atoms with Crippen LogP contribution in [0.5, 0.6) is 0 Å². The predicted molar refractivity (Wildman–Crippen MR) is 125 cm³/mol. The number of nitrogens with one attached hydrogen (secondary N) is 1. The number of carbonyl (C=O) groups is 1. The van der Waals surface area contributed by atoms with Crippen LogP contribution in [-0.2, 0) is 17.9 Å². The first kappa shape index (κ1) is 21.6. The molecule has 4 aromatic rings. The molecule has 0 aliphatic heterocycles. The Morgan fingerprint density at radius 1 is 1.09 bits per heavy atom. The average molecular weight is 449 g/mol. The smallest absolute Gasteiger partial charge is 0.264 e. The molecule has 9 heteroatoms. The number of aromatic nitrogens is 4. The molecule has 0 aliphatic rings. The molecule has 0 aliphatic carbocycles. The zero-order valence-corrected chi connectivity index (χ0v) is 18.9. The number of amides is 1. The summed E-state index contributed by atoms with van der Waals surface area (Å²) in [7, 11) is 0. The van der Waals surface area contributed by atoms with Gasteiger partial charge in [0.15, 0.2) is 0 Å². The Labute approximate surface area is 190 Å². The van der Waals surface area contributed by atoms with Gasteiger partial charge in [-0.05, 0) is 25.7 Å². The van der Waals surface area contributed by atoms with Crippen LogP contribution in [0.2, 0.25) is 0 Å². The van der Waals surface area contributed by atoms with Crippen molar-refractivity contribution in [2.75, 3.05) is 12.0 Å². The van der Waals surface area contributed by atoms with E-state index in [-0.39, 0.29) is 18.3 Å². The maximum Gasteiger partial charge on any atom is 0.264 e. The summed E-state index contributed by atoms with van der Waals surface area (Å²) in [5.41, 5.74) is 11.1. The van der Waals surface area contributed by atoms with Gasteiger partial charge in [0.05, 0.1) is 0 Å². The molecule has 2 aromatic carbocycles. The summed E-state index contributed by atoms with van der Waals surface area (Å²) in [6.45, 7) is 4.47. The van der Waals surface area contributed by atoms with Gasteiger partial charge in [-0.25, -0.2) is 4.68 Å². The van der Waals surface area contributed by atoms with E-state index in [0.29, 0.717) is 28.8 Å². The molecule has 0 atom stereocenters. The van der Waals surface area contributed by atoms with Crippen molar-refractivity contribution >= 4 is 23.5 Å². The molecular weight excluding hydrogens is 424 g/mol. The quantitative estimate of drug-likeness (QED) is 0.413. The molecule has 0 saturated carbocycles. The monoisotopic (exact) mass is 448 g/mol. The van der Waals surface area contributed by atoms with Gasteiger partial charge in [0.25, 0.3) is 5.89 Å². The van der Waals surface area contributed by atoms with Crippen LogP contribution in [-0.4, -0.2) is 32.1 Å². The first-order valence-electron chi connectivity index (χ1n) is 10.1. The van der Waals surface area contributed by atoms with Crippen LogP contribution in [0.1, 0.15) is 16.7 Å². The molecule has 0 fully saturated rings. The summed E-state index contributed by atoms with van der Waals surface area (Å²) in [4.78, 5) is 17.0. The van der Waals surface area contributed by atoms with Crippen LogP contribution in [0, 0.1) is 13.8 Å². The van der Waals surface area contributed by atoms with Crippen molar-refractivity contribution < 1.29 is 9.32 Å². The molecule has 0 saturated heterocycles. The Morgan fingerprint density at radius 2 is 1.75 bits per heavy atom. The molecule has 0 spiro atoms. The standard InChI is InChI=1S/C23H24N6O2S/c1-14-4-8-16(9-5-14)12-25-18(30)13-29-20(24)19(23(27-29)32-3)22-26-21(28-31-22)17-10-6-15(2)7-11-17/h4-11H,12-13,24H2,1-3H3,(H,25,30). The van der Waals surface area contributed by atoms with Gasteiger partial charge in [-0.2, -0.15) is 10.1 Å². The maximum atomic E-state index is 12.5. The highest BCUT2D eigenvalue weighted by Gasteiger charge is 2.23. The van der Waals surface area contributed by atoms with Crippen molar-refractivity contribution in [1.29, 1.82) is 0 Å². The van der Waals surface area contributed by atoms with Crippen LogP contribution in [0.4, 0.5) is 5.82 Å². The minimum atomic E-state index is -0.190. The van der Waals surface area contributed by atoms with E-state index in [0.717, 1.165) is 16.7 Å². The fourth-order valence-electron chi connectivity index (χ4n) is 3.16. The Hall–Kier alpha value is -3.59. The molecule has 32 heavy (non-hydrogen) atoms. The van der Waals surface area contributed by atoms with Gasteiger partial charge in [-0.15, -0.1) is 11.8 Å². The van der Waals surface area contributed by atoms with Crippen LogP contribution in [0.25, 0.3) is 22.8 Å². The normalized spacial score (nSPS) is 11.0. The number of hydrogen-bond acceptors (Lipinski definition) is 7. The third-order valence-corrected chi connectivity index (χ3v) is 5.68. The summed E-state index contributed by atoms with van der Waals surface area (Å²) in [5, 5.41) is 12.1. The second kappa shape index (κ2) is 9.27. The Balaban J connectivity index is 1.51. The van der Waals surface area contributed by atoms with E-state index in [9.17, 15) is 4.79 Å². The van der Waals surface area contributed by atoms with Gasteiger partial charge in [0, 0.05) is 12.1 Å². The van der Waals surface area contributed by atoms with Crippen molar-refractivity contribution in [3.8, 4) is 22.8 Å². The number of thioether (sulfide) groups is 1. The molecule has 0 bridgehead atoms. The van der Waals surface area contributed by atoms with E-state index in [1.807, 2.05) is 68.6 Å². The molecule has 4 rings (SSSR count). The lowest BCUT2D eigenvalue weighted by atomic mass is 10.1. The van der Waals surface area contributed by atoms with E-state index in [2.05, 4.69) is 20.6 Å². The zero-order valence-electron chi connectivity index (χ0n) is 18.1. The number of nitrogen functional groups attached to an aromatic ring is 1. The molecule has 2 aromatic heterocycles. The topological polar surface area (TPSA) is 112 Å². The van der Waals surface area contributed by atoms with Crippen molar-refractivity contribution in [1.82, 2.24) is 25.2 Å². The Kier molecular flexibility index (Phi) is 6.27. The highest BCUT2D eigenvalue weighted by Crippen LogP contribution is 2.34. The third-order valence-electron chi connectivity index (χ3n) is 5.01. The van der Waals surface area contributed by atoms with E-state index in [1.54, 1.807) is 0 Å². The SMILES string of the molecule is CSc1nn(CC(=O)NCc2ccc(C)cc2)c(N)c1-c1nc(-c2ccc(C)cc2)no1. The van der Waals surface area contributed by atoms with E-state index >= 15 is 0 Å². The van der Waals surface area contributed by atoms with E-state index in [4.69, 9.17) is 10.3 Å². The molecule has 0 radical (unpaired) electrons. The second-order valence-electron chi connectivity index (χ2n) is 7.48. The number of anilines is 1. The predicted octanol–water partition coefficient (Wildman–Crippen LogP) is 3.84. The lowest BCUT2D eigenvalue weighted by molar-refractivity contribution is -0.122. The van der Waals surface area contributed by atoms with Crippen LogP contribution in [0.3, 0.4) is 0 Å². The molecular formula is C23H24N6O2S. The number of rotatable bonds is 7. The maximum absolute atomic E-state index is 12.5. The molecule has 3 N–H and O–H groups in total. The van der Waals surface area contributed by atoms with Gasteiger partial charge >= 0.3 is 0 Å². The zero-order chi connectivity index (χ0) is 22.7. The number of nitrogens with zero attached hydrogens (tertiary/aromatic N) is 4. The van der Waals surface area contributed by atoms with Crippen molar-refractivity contribution in [3.63, 3.8) is 0 Å². The van der Waals surface area contributed by atoms with E-state index < -0.39 is 0 Å². The second-order valence-corrected chi connectivity index (χ2v) is 8.27. The van der Waals surface area contributed by atoms with E-state index in [1.165, 1.54) is 22.0 Å². The lowest BCUT2D eigenvalue weighted by Gasteiger charge is -2.07. The summed E-state index contributed by atoms with van der Waals surface area (Å²) < 4.78 is 6.94. The number of carbonyl (C=O) groups excluding carboxylic acids is 1. The average Bonchev–Trinajstić information content (AvgIpc) is 3.38. The van der Waals surface area contributed by atoms with Crippen molar-refractivity contribution in [3.05, 3.63) is 65.2 Å². The highest BCUT2D eigenvalue weighted by molar-refractivity contribution is 7.98. The van der Waals surface area contributed by atoms with Gasteiger partial charge in [0.1, 0.15) is 23.0 Å². The van der Waals surface area contributed by atoms with Crippen molar-refractivity contribution in [2.45, 2.75) is 32.0 Å². The minimum absolute atomic E-state index is 0.00971. The first-order chi connectivity index (χ1) is 15.4. The lowest BCUT2D eigenvalue weighted by Crippen LogP contribution is -2.28. The number of hydrogen-bond donors (Lipinski definition) is 2. The van der Waals surface area contributed by atoms with Crippen LogP contribution < -0.4 is 11.1 Å². The largest absolute Gasteiger partial charge is 0.383 e. The van der Waals surface area contributed by atoms with Gasteiger partial charge in [-0.1, -0.05) is 64.8 Å². The Bertz CT molecular complexity index is 1230. The Morgan fingerprint density at radius 3 is 2.41 bits per heavy atom. The van der Waals surface area contributed by atoms with Crippen LogP contribution in [0.15, 0.2) is 58.1 Å². The van der Waals surface area contributed by atoms with Crippen LogP contribution >= 0.6 is 11.8 Å². The third kappa shape index (κ3) is 4.67. The molecule has 8 nitrogen and oxygen atoms in total.